The van der Waals surface area contributed by atoms with E-state index in [4.69, 9.17) is 17.0 Å². The van der Waals surface area contributed by atoms with Crippen LogP contribution in [0.25, 0.3) is 6.08 Å². The summed E-state index contributed by atoms with van der Waals surface area (Å²) in [6.07, 6.45) is 1.73. The van der Waals surface area contributed by atoms with Gasteiger partial charge in [0.25, 0.3) is 5.91 Å². The number of carbonyl (C=O) groups is 1. The molecule has 3 aromatic rings. The van der Waals surface area contributed by atoms with Crippen LogP contribution in [0.4, 0.5) is 14.5 Å². The summed E-state index contributed by atoms with van der Waals surface area (Å²) >= 11 is 6.49. The number of thiocarbonyl (C=S) groups is 1. The Morgan fingerprint density at radius 2 is 1.73 bits per heavy atom. The van der Waals surface area contributed by atoms with Crippen molar-refractivity contribution in [3.63, 3.8) is 0 Å². The van der Waals surface area contributed by atoms with Crippen molar-refractivity contribution in [3.8, 4) is 5.75 Å². The van der Waals surface area contributed by atoms with E-state index in [-0.39, 0.29) is 11.7 Å². The molecule has 1 aliphatic heterocycles. The fraction of sp³-hybridized carbons (Fsp3) is 0.0435. The summed E-state index contributed by atoms with van der Waals surface area (Å²) < 4.78 is 32.7. The lowest BCUT2D eigenvalue weighted by Crippen LogP contribution is -2.27. The number of carbonyl (C=O) groups excluding carboxylic acids is 1. The Kier molecular flexibility index (Phi) is 5.92. The second-order valence-corrected chi connectivity index (χ2v) is 8.16. The van der Waals surface area contributed by atoms with E-state index in [1.165, 1.54) is 35.2 Å². The van der Waals surface area contributed by atoms with Crippen LogP contribution in [0, 0.1) is 11.6 Å². The second-order valence-electron chi connectivity index (χ2n) is 6.48. The highest BCUT2D eigenvalue weighted by Crippen LogP contribution is 2.36. The molecule has 1 heterocycles. The molecule has 150 valence electrons. The molecular weight excluding hydrogens is 424 g/mol. The minimum Gasteiger partial charge on any atom is -0.489 e. The number of hydrogen-bond acceptors (Lipinski definition) is 4. The Bertz CT molecular complexity index is 1150. The first-order valence-corrected chi connectivity index (χ1v) is 10.2. The molecule has 1 aliphatic rings. The SMILES string of the molecule is O=C1C(=Cc2cccc(OCc3ccc(F)cc3)c2)SC(=S)N1c1cccc(F)c1. The topological polar surface area (TPSA) is 29.5 Å². The maximum Gasteiger partial charge on any atom is 0.270 e. The number of thioether (sulfide) groups is 1. The maximum absolute atomic E-state index is 13.5. The van der Waals surface area contributed by atoms with Crippen molar-refractivity contribution in [3.05, 3.63) is 100 Å². The molecule has 0 N–H and O–H groups in total. The molecule has 1 amide bonds. The predicted octanol–water partition coefficient (Wildman–Crippen LogP) is 5.95. The van der Waals surface area contributed by atoms with Gasteiger partial charge >= 0.3 is 0 Å². The average molecular weight is 440 g/mol. The maximum atomic E-state index is 13.5. The van der Waals surface area contributed by atoms with E-state index in [0.29, 0.717) is 27.3 Å². The van der Waals surface area contributed by atoms with Crippen molar-refractivity contribution in [1.29, 1.82) is 0 Å². The van der Waals surface area contributed by atoms with Gasteiger partial charge in [-0.15, -0.1) is 0 Å². The normalized spacial score (nSPS) is 15.1. The van der Waals surface area contributed by atoms with Crippen molar-refractivity contribution in [2.75, 3.05) is 4.90 Å². The van der Waals surface area contributed by atoms with Gasteiger partial charge in [0.05, 0.1) is 10.6 Å². The Balaban J connectivity index is 1.50. The third-order valence-electron chi connectivity index (χ3n) is 4.33. The van der Waals surface area contributed by atoms with Crippen molar-refractivity contribution in [2.24, 2.45) is 0 Å². The summed E-state index contributed by atoms with van der Waals surface area (Å²) in [4.78, 5) is 14.6. The molecule has 3 aromatic carbocycles. The molecule has 4 rings (SSSR count). The molecule has 1 fully saturated rings. The molecule has 0 aromatic heterocycles. The zero-order chi connectivity index (χ0) is 21.1. The first kappa shape index (κ1) is 20.3. The third kappa shape index (κ3) is 4.58. The Morgan fingerprint density at radius 3 is 2.50 bits per heavy atom. The van der Waals surface area contributed by atoms with Crippen LogP contribution in [0.3, 0.4) is 0 Å². The van der Waals surface area contributed by atoms with Crippen LogP contribution in [0.1, 0.15) is 11.1 Å². The number of halogens is 2. The van der Waals surface area contributed by atoms with Crippen LogP contribution in [-0.4, -0.2) is 10.2 Å². The molecule has 0 aliphatic carbocycles. The second kappa shape index (κ2) is 8.77. The quantitative estimate of drug-likeness (QED) is 0.363. The van der Waals surface area contributed by atoms with Crippen LogP contribution in [0.2, 0.25) is 0 Å². The van der Waals surface area contributed by atoms with Gasteiger partial charge in [-0.2, -0.15) is 0 Å². The molecule has 3 nitrogen and oxygen atoms in total. The molecule has 0 radical (unpaired) electrons. The highest BCUT2D eigenvalue weighted by atomic mass is 32.2. The molecule has 0 bridgehead atoms. The minimum absolute atomic E-state index is 0.295. The van der Waals surface area contributed by atoms with Crippen LogP contribution < -0.4 is 9.64 Å². The van der Waals surface area contributed by atoms with Crippen LogP contribution in [0.5, 0.6) is 5.75 Å². The van der Waals surface area contributed by atoms with E-state index in [1.807, 2.05) is 12.1 Å². The minimum atomic E-state index is -0.434. The lowest BCUT2D eigenvalue weighted by Gasteiger charge is -2.14. The Labute approximate surface area is 182 Å². The summed E-state index contributed by atoms with van der Waals surface area (Å²) in [7, 11) is 0. The number of rotatable bonds is 5. The van der Waals surface area contributed by atoms with Gasteiger partial charge in [-0.1, -0.05) is 54.3 Å². The molecule has 0 spiro atoms. The number of amides is 1. The number of hydrogen-bond donors (Lipinski definition) is 0. The van der Waals surface area contributed by atoms with E-state index >= 15 is 0 Å². The van der Waals surface area contributed by atoms with E-state index in [2.05, 4.69) is 0 Å². The highest BCUT2D eigenvalue weighted by molar-refractivity contribution is 8.27. The Morgan fingerprint density at radius 1 is 0.967 bits per heavy atom. The molecule has 0 unspecified atom stereocenters. The van der Waals surface area contributed by atoms with Crippen molar-refractivity contribution in [2.45, 2.75) is 6.61 Å². The largest absolute Gasteiger partial charge is 0.489 e. The average Bonchev–Trinajstić information content (AvgIpc) is 3.01. The fourth-order valence-electron chi connectivity index (χ4n) is 2.90. The van der Waals surface area contributed by atoms with Crippen molar-refractivity contribution in [1.82, 2.24) is 0 Å². The molecule has 1 saturated heterocycles. The third-order valence-corrected chi connectivity index (χ3v) is 5.64. The zero-order valence-electron chi connectivity index (χ0n) is 15.5. The first-order chi connectivity index (χ1) is 14.5. The zero-order valence-corrected chi connectivity index (χ0v) is 17.2. The van der Waals surface area contributed by atoms with Crippen LogP contribution >= 0.6 is 24.0 Å². The lowest BCUT2D eigenvalue weighted by molar-refractivity contribution is -0.113. The van der Waals surface area contributed by atoms with Gasteiger partial charge in [0.15, 0.2) is 4.32 Å². The van der Waals surface area contributed by atoms with Gasteiger partial charge in [-0.3, -0.25) is 9.69 Å². The van der Waals surface area contributed by atoms with Crippen molar-refractivity contribution >= 4 is 46.0 Å². The van der Waals surface area contributed by atoms with Crippen molar-refractivity contribution < 1.29 is 18.3 Å². The van der Waals surface area contributed by atoms with Gasteiger partial charge in [-0.25, -0.2) is 8.78 Å². The van der Waals surface area contributed by atoms with E-state index in [0.717, 1.165) is 22.9 Å². The standard InChI is InChI=1S/C23H15F2NO2S2/c24-17-9-7-15(8-10-17)14-28-20-6-1-3-16(11-20)12-21-22(27)26(23(29)30-21)19-5-2-4-18(25)13-19/h1-13H,14H2. The smallest absolute Gasteiger partial charge is 0.270 e. The molecule has 7 heteroatoms. The van der Waals surface area contributed by atoms with Gasteiger partial charge < -0.3 is 4.74 Å². The van der Waals surface area contributed by atoms with E-state index in [1.54, 1.807) is 36.4 Å². The Hall–Kier alpha value is -3.03. The molecule has 30 heavy (non-hydrogen) atoms. The summed E-state index contributed by atoms with van der Waals surface area (Å²) in [5.41, 5.74) is 2.02. The number of nitrogens with zero attached hydrogens (tertiary/aromatic N) is 1. The number of anilines is 1. The lowest BCUT2D eigenvalue weighted by atomic mass is 10.2. The summed E-state index contributed by atoms with van der Waals surface area (Å²) in [6.45, 7) is 0.297. The first-order valence-electron chi connectivity index (χ1n) is 9.00. The van der Waals surface area contributed by atoms with E-state index in [9.17, 15) is 13.6 Å². The van der Waals surface area contributed by atoms with Gasteiger partial charge in [0.1, 0.15) is 24.0 Å². The monoisotopic (exact) mass is 439 g/mol. The predicted molar refractivity (Wildman–Crippen MR) is 119 cm³/mol. The van der Waals surface area contributed by atoms with Crippen LogP contribution in [0.15, 0.2) is 77.7 Å². The molecule has 0 atom stereocenters. The summed E-state index contributed by atoms with van der Waals surface area (Å²) in [5, 5.41) is 0. The summed E-state index contributed by atoms with van der Waals surface area (Å²) in [5.74, 6) is -0.408. The highest BCUT2D eigenvalue weighted by Gasteiger charge is 2.33. The molecule has 0 saturated carbocycles. The number of benzene rings is 3. The van der Waals surface area contributed by atoms with Gasteiger partial charge in [-0.05, 0) is 59.7 Å². The number of ether oxygens (including phenoxy) is 1. The van der Waals surface area contributed by atoms with Crippen LogP contribution in [-0.2, 0) is 11.4 Å². The van der Waals surface area contributed by atoms with E-state index < -0.39 is 5.82 Å². The van der Waals surface area contributed by atoms with Gasteiger partial charge in [0, 0.05) is 0 Å². The molecular formula is C23H15F2NO2S2. The summed E-state index contributed by atoms with van der Waals surface area (Å²) in [6, 6.07) is 19.1. The fourth-order valence-corrected chi connectivity index (χ4v) is 4.20. The van der Waals surface area contributed by atoms with Gasteiger partial charge in [0.2, 0.25) is 0 Å².